The number of carbonyl (C=O) groups excluding carboxylic acids is 1. The molecule has 0 atom stereocenters. The normalized spacial score (nSPS) is 21.1. The third kappa shape index (κ3) is 1.86. The number of nitrogens with zero attached hydrogens (tertiary/aromatic N) is 2. The lowest BCUT2D eigenvalue weighted by Crippen LogP contribution is -2.22. The molecule has 1 amide bonds. The van der Waals surface area contributed by atoms with E-state index in [-0.39, 0.29) is 6.04 Å². The predicted octanol–water partition coefficient (Wildman–Crippen LogP) is 0.793. The van der Waals surface area contributed by atoms with Crippen LogP contribution in [0.4, 0.5) is 5.82 Å². The Morgan fingerprint density at radius 1 is 1.28 bits per heavy atom. The van der Waals surface area contributed by atoms with Crippen LogP contribution in [0.5, 0.6) is 0 Å². The third-order valence-corrected chi connectivity index (χ3v) is 3.72. The van der Waals surface area contributed by atoms with Crippen LogP contribution < -0.4 is 11.5 Å². The molecule has 0 bridgehead atoms. The minimum absolute atomic E-state index is 0.226. The van der Waals surface area contributed by atoms with Crippen molar-refractivity contribution >= 4 is 11.7 Å². The summed E-state index contributed by atoms with van der Waals surface area (Å²) in [6.07, 6.45) is 3.91. The summed E-state index contributed by atoms with van der Waals surface area (Å²) in [5.74, 6) is 0.333. The van der Waals surface area contributed by atoms with Crippen LogP contribution in [-0.4, -0.2) is 28.9 Å². The summed E-state index contributed by atoms with van der Waals surface area (Å²) in [6.45, 7) is 1.43. The highest BCUT2D eigenvalue weighted by atomic mass is 16.5. The molecular formula is C12H18N4O2. The number of rotatable bonds is 3. The van der Waals surface area contributed by atoms with E-state index in [4.69, 9.17) is 16.2 Å². The average molecular weight is 250 g/mol. The summed E-state index contributed by atoms with van der Waals surface area (Å²) < 4.78 is 7.12. The van der Waals surface area contributed by atoms with E-state index in [2.05, 4.69) is 5.10 Å². The predicted molar refractivity (Wildman–Crippen MR) is 66.2 cm³/mol. The number of amides is 1. The van der Waals surface area contributed by atoms with E-state index < -0.39 is 5.91 Å². The Kier molecular flexibility index (Phi) is 2.74. The van der Waals surface area contributed by atoms with E-state index in [0.717, 1.165) is 31.4 Å². The minimum atomic E-state index is -0.465. The van der Waals surface area contributed by atoms with Gasteiger partial charge in [-0.05, 0) is 25.7 Å². The standard InChI is InChI=1S/C12H18N4O2/c13-11-9(12(14)17)10(7-1-2-7)15-16(11)8-3-5-18-6-4-8/h7-8H,1-6,13H2,(H2,14,17). The monoisotopic (exact) mass is 250 g/mol. The fourth-order valence-corrected chi connectivity index (χ4v) is 2.57. The topological polar surface area (TPSA) is 96.2 Å². The molecule has 1 saturated carbocycles. The molecule has 2 aliphatic rings. The molecule has 6 heteroatoms. The Bertz CT molecular complexity index is 473. The van der Waals surface area contributed by atoms with Crippen molar-refractivity contribution in [1.29, 1.82) is 0 Å². The lowest BCUT2D eigenvalue weighted by molar-refractivity contribution is 0.0667. The van der Waals surface area contributed by atoms with E-state index in [1.54, 1.807) is 4.68 Å². The van der Waals surface area contributed by atoms with Crippen LogP contribution in [0.2, 0.25) is 0 Å². The van der Waals surface area contributed by atoms with Gasteiger partial charge in [-0.25, -0.2) is 4.68 Å². The Labute approximate surface area is 105 Å². The molecule has 1 saturated heterocycles. The van der Waals surface area contributed by atoms with Gasteiger partial charge in [0.2, 0.25) is 0 Å². The number of hydrogen-bond acceptors (Lipinski definition) is 4. The summed E-state index contributed by atoms with van der Waals surface area (Å²) in [7, 11) is 0. The van der Waals surface area contributed by atoms with Gasteiger partial charge in [0.1, 0.15) is 11.4 Å². The van der Waals surface area contributed by atoms with Crippen molar-refractivity contribution in [2.75, 3.05) is 18.9 Å². The van der Waals surface area contributed by atoms with Gasteiger partial charge in [-0.1, -0.05) is 0 Å². The van der Waals surface area contributed by atoms with Crippen molar-refractivity contribution in [2.45, 2.75) is 37.6 Å². The molecule has 1 aromatic heterocycles. The van der Waals surface area contributed by atoms with Crippen LogP contribution in [0, 0.1) is 0 Å². The molecule has 98 valence electrons. The largest absolute Gasteiger partial charge is 0.383 e. The van der Waals surface area contributed by atoms with Crippen molar-refractivity contribution < 1.29 is 9.53 Å². The average Bonchev–Trinajstić information content (AvgIpc) is 3.14. The second-order valence-electron chi connectivity index (χ2n) is 5.07. The SMILES string of the molecule is NC(=O)c1c(C2CC2)nn(C2CCOCC2)c1N. The highest BCUT2D eigenvalue weighted by Crippen LogP contribution is 2.43. The van der Waals surface area contributed by atoms with Gasteiger partial charge >= 0.3 is 0 Å². The van der Waals surface area contributed by atoms with Crippen LogP contribution in [0.15, 0.2) is 0 Å². The Morgan fingerprint density at radius 2 is 1.94 bits per heavy atom. The first kappa shape index (κ1) is 11.5. The Balaban J connectivity index is 1.98. The maximum absolute atomic E-state index is 11.5. The molecule has 0 spiro atoms. The molecule has 18 heavy (non-hydrogen) atoms. The van der Waals surface area contributed by atoms with E-state index in [0.29, 0.717) is 30.5 Å². The van der Waals surface area contributed by atoms with E-state index in [1.807, 2.05) is 0 Å². The lowest BCUT2D eigenvalue weighted by Gasteiger charge is -2.23. The molecular weight excluding hydrogens is 232 g/mol. The smallest absolute Gasteiger partial charge is 0.254 e. The van der Waals surface area contributed by atoms with Crippen LogP contribution in [0.25, 0.3) is 0 Å². The summed E-state index contributed by atoms with van der Waals surface area (Å²) in [6, 6.07) is 0.226. The molecule has 1 aliphatic heterocycles. The van der Waals surface area contributed by atoms with Crippen molar-refractivity contribution in [3.63, 3.8) is 0 Å². The number of nitrogens with two attached hydrogens (primary N) is 2. The lowest BCUT2D eigenvalue weighted by atomic mass is 10.1. The number of aromatic nitrogens is 2. The fourth-order valence-electron chi connectivity index (χ4n) is 2.57. The zero-order valence-electron chi connectivity index (χ0n) is 10.3. The van der Waals surface area contributed by atoms with Crippen molar-refractivity contribution in [2.24, 2.45) is 5.73 Å². The van der Waals surface area contributed by atoms with Gasteiger partial charge in [-0.2, -0.15) is 5.10 Å². The van der Waals surface area contributed by atoms with Gasteiger partial charge < -0.3 is 16.2 Å². The van der Waals surface area contributed by atoms with E-state index in [1.165, 1.54) is 0 Å². The van der Waals surface area contributed by atoms with Crippen LogP contribution in [0.1, 0.15) is 53.7 Å². The molecule has 3 rings (SSSR count). The van der Waals surface area contributed by atoms with Gasteiger partial charge in [-0.15, -0.1) is 0 Å². The van der Waals surface area contributed by atoms with Crippen LogP contribution in [0.3, 0.4) is 0 Å². The number of nitrogen functional groups attached to an aromatic ring is 1. The summed E-state index contributed by atoms with van der Waals surface area (Å²) in [5, 5.41) is 4.55. The van der Waals surface area contributed by atoms with Crippen molar-refractivity contribution in [1.82, 2.24) is 9.78 Å². The first-order chi connectivity index (χ1) is 8.68. The van der Waals surface area contributed by atoms with Gasteiger partial charge in [-0.3, -0.25) is 4.79 Å². The molecule has 0 radical (unpaired) electrons. The molecule has 2 fully saturated rings. The van der Waals surface area contributed by atoms with Gasteiger partial charge in [0.15, 0.2) is 0 Å². The first-order valence-electron chi connectivity index (χ1n) is 6.44. The molecule has 6 nitrogen and oxygen atoms in total. The second-order valence-corrected chi connectivity index (χ2v) is 5.07. The molecule has 2 heterocycles. The van der Waals surface area contributed by atoms with E-state index >= 15 is 0 Å². The zero-order chi connectivity index (χ0) is 12.7. The summed E-state index contributed by atoms with van der Waals surface area (Å²) >= 11 is 0. The quantitative estimate of drug-likeness (QED) is 0.829. The zero-order valence-corrected chi connectivity index (χ0v) is 10.3. The number of carbonyl (C=O) groups is 1. The number of anilines is 1. The van der Waals surface area contributed by atoms with Crippen molar-refractivity contribution in [3.8, 4) is 0 Å². The number of hydrogen-bond donors (Lipinski definition) is 2. The highest BCUT2D eigenvalue weighted by molar-refractivity contribution is 5.98. The first-order valence-corrected chi connectivity index (χ1v) is 6.44. The Morgan fingerprint density at radius 3 is 2.50 bits per heavy atom. The fraction of sp³-hybridized carbons (Fsp3) is 0.667. The number of ether oxygens (including phenoxy) is 1. The molecule has 1 aliphatic carbocycles. The third-order valence-electron chi connectivity index (χ3n) is 3.72. The molecule has 0 unspecified atom stereocenters. The molecule has 0 aromatic carbocycles. The van der Waals surface area contributed by atoms with Crippen LogP contribution in [-0.2, 0) is 4.74 Å². The van der Waals surface area contributed by atoms with Gasteiger partial charge in [0, 0.05) is 19.1 Å². The maximum atomic E-state index is 11.5. The maximum Gasteiger partial charge on any atom is 0.254 e. The second kappa shape index (κ2) is 4.28. The summed E-state index contributed by atoms with van der Waals surface area (Å²) in [4.78, 5) is 11.5. The van der Waals surface area contributed by atoms with Crippen molar-refractivity contribution in [3.05, 3.63) is 11.3 Å². The van der Waals surface area contributed by atoms with Gasteiger partial charge in [0.05, 0.1) is 11.7 Å². The Hall–Kier alpha value is -1.56. The molecule has 4 N–H and O–H groups in total. The van der Waals surface area contributed by atoms with Gasteiger partial charge in [0.25, 0.3) is 5.91 Å². The van der Waals surface area contributed by atoms with Crippen LogP contribution >= 0.6 is 0 Å². The van der Waals surface area contributed by atoms with E-state index in [9.17, 15) is 4.79 Å². The highest BCUT2D eigenvalue weighted by Gasteiger charge is 2.34. The molecule has 1 aromatic rings. The minimum Gasteiger partial charge on any atom is -0.383 e. The summed E-state index contributed by atoms with van der Waals surface area (Å²) in [5.41, 5.74) is 12.7. The number of primary amides is 1.